The Morgan fingerprint density at radius 3 is 3.00 bits per heavy atom. The van der Waals surface area contributed by atoms with Crippen molar-refractivity contribution in [2.75, 3.05) is 12.4 Å². The molecule has 2 unspecified atom stereocenters. The number of nitrogens with zero attached hydrogens (tertiary/aromatic N) is 2. The van der Waals surface area contributed by atoms with Crippen LogP contribution in [0.4, 0.5) is 5.82 Å². The van der Waals surface area contributed by atoms with E-state index in [2.05, 4.69) is 28.3 Å². The van der Waals surface area contributed by atoms with Gasteiger partial charge in [-0.3, -0.25) is 0 Å². The van der Waals surface area contributed by atoms with Crippen molar-refractivity contribution in [3.05, 3.63) is 16.2 Å². The number of methoxy groups -OCH3 is 1. The first-order chi connectivity index (χ1) is 9.15. The van der Waals surface area contributed by atoms with E-state index < -0.39 is 0 Å². The molecule has 0 bridgehead atoms. The smallest absolute Gasteiger partial charge is 0.225 e. The van der Waals surface area contributed by atoms with Crippen LogP contribution < -0.4 is 5.32 Å². The third-order valence-corrected chi connectivity index (χ3v) is 4.66. The van der Waals surface area contributed by atoms with Crippen molar-refractivity contribution >= 4 is 39.0 Å². The molecule has 3 rings (SSSR count). The number of anilines is 1. The molecule has 19 heavy (non-hydrogen) atoms. The normalized spacial score (nSPS) is 23.1. The van der Waals surface area contributed by atoms with E-state index in [1.807, 2.05) is 0 Å². The second kappa shape index (κ2) is 5.23. The molecule has 1 aliphatic rings. The Morgan fingerprint density at radius 1 is 1.42 bits per heavy atom. The zero-order valence-corrected chi connectivity index (χ0v) is 12.5. The second-order valence-electron chi connectivity index (χ2n) is 4.93. The van der Waals surface area contributed by atoms with Gasteiger partial charge in [0.25, 0.3) is 0 Å². The lowest BCUT2D eigenvalue weighted by Crippen LogP contribution is -2.18. The third-order valence-electron chi connectivity index (χ3n) is 3.55. The van der Waals surface area contributed by atoms with Crippen molar-refractivity contribution in [2.45, 2.75) is 38.3 Å². The van der Waals surface area contributed by atoms with E-state index in [1.165, 1.54) is 4.88 Å². The van der Waals surface area contributed by atoms with E-state index in [-0.39, 0.29) is 0 Å². The number of nitrogens with one attached hydrogen (secondary N) is 1. The minimum atomic E-state index is 0.304. The van der Waals surface area contributed by atoms with Gasteiger partial charge < -0.3 is 10.1 Å². The number of ether oxygens (including phenoxy) is 1. The highest BCUT2D eigenvalue weighted by molar-refractivity contribution is 7.18. The lowest BCUT2D eigenvalue weighted by molar-refractivity contribution is 0.108. The molecule has 4 nitrogen and oxygen atoms in total. The van der Waals surface area contributed by atoms with Crippen LogP contribution >= 0.6 is 22.9 Å². The fraction of sp³-hybridized carbons (Fsp3) is 0.538. The molecule has 2 atom stereocenters. The van der Waals surface area contributed by atoms with Crippen LogP contribution in [0.25, 0.3) is 10.2 Å². The van der Waals surface area contributed by atoms with Gasteiger partial charge in [-0.05, 0) is 43.9 Å². The number of rotatable bonds is 3. The van der Waals surface area contributed by atoms with Crippen LogP contribution in [0.2, 0.25) is 5.28 Å². The molecule has 1 N–H and O–H groups in total. The fourth-order valence-electron chi connectivity index (χ4n) is 2.60. The minimum Gasteiger partial charge on any atom is -0.381 e. The van der Waals surface area contributed by atoms with Crippen molar-refractivity contribution < 1.29 is 4.74 Å². The molecule has 6 heteroatoms. The summed E-state index contributed by atoms with van der Waals surface area (Å²) in [6.45, 7) is 2.07. The quantitative estimate of drug-likeness (QED) is 0.879. The van der Waals surface area contributed by atoms with Crippen LogP contribution in [0.3, 0.4) is 0 Å². The molecule has 0 radical (unpaired) electrons. The maximum atomic E-state index is 5.99. The van der Waals surface area contributed by atoms with E-state index in [4.69, 9.17) is 16.3 Å². The number of thiophene rings is 1. The molecule has 1 fully saturated rings. The summed E-state index contributed by atoms with van der Waals surface area (Å²) < 4.78 is 5.40. The summed E-state index contributed by atoms with van der Waals surface area (Å²) in [4.78, 5) is 10.8. The van der Waals surface area contributed by atoms with Gasteiger partial charge in [-0.15, -0.1) is 11.3 Å². The Hall–Kier alpha value is -0.910. The summed E-state index contributed by atoms with van der Waals surface area (Å²) in [6.07, 6.45) is 3.57. The standard InChI is InChI=1S/C13H16ClN3OS/c1-7-5-10-11(16-13(14)17-12(10)19-7)15-8-3-4-9(6-8)18-2/h5,8-9H,3-4,6H2,1-2H3,(H,15,16,17). The SMILES string of the molecule is COC1CCC(Nc2nc(Cl)nc3sc(C)cc23)C1. The minimum absolute atomic E-state index is 0.304. The van der Waals surface area contributed by atoms with Gasteiger partial charge in [0.15, 0.2) is 0 Å². The number of fused-ring (bicyclic) bond motifs is 1. The van der Waals surface area contributed by atoms with Gasteiger partial charge in [0, 0.05) is 18.0 Å². The van der Waals surface area contributed by atoms with Crippen LogP contribution in [0.15, 0.2) is 6.07 Å². The molecular formula is C13H16ClN3OS. The van der Waals surface area contributed by atoms with Crippen LogP contribution in [0.5, 0.6) is 0 Å². The number of aryl methyl sites for hydroxylation is 1. The molecule has 2 aromatic heterocycles. The highest BCUT2D eigenvalue weighted by Gasteiger charge is 2.25. The van der Waals surface area contributed by atoms with Crippen LogP contribution in [-0.2, 0) is 4.74 Å². The van der Waals surface area contributed by atoms with Gasteiger partial charge >= 0.3 is 0 Å². The Morgan fingerprint density at radius 2 is 2.26 bits per heavy atom. The third kappa shape index (κ3) is 2.68. The molecule has 2 aromatic rings. The van der Waals surface area contributed by atoms with Crippen molar-refractivity contribution in [1.29, 1.82) is 0 Å². The van der Waals surface area contributed by atoms with Crippen molar-refractivity contribution in [3.8, 4) is 0 Å². The largest absolute Gasteiger partial charge is 0.381 e. The second-order valence-corrected chi connectivity index (χ2v) is 6.50. The molecule has 1 aliphatic carbocycles. The van der Waals surface area contributed by atoms with Crippen molar-refractivity contribution in [3.63, 3.8) is 0 Å². The Bertz CT molecular complexity index is 601. The zero-order valence-electron chi connectivity index (χ0n) is 10.9. The topological polar surface area (TPSA) is 47.0 Å². The van der Waals surface area contributed by atoms with Gasteiger partial charge in [-0.25, -0.2) is 9.97 Å². The van der Waals surface area contributed by atoms with Gasteiger partial charge in [0.05, 0.1) is 11.5 Å². The average molecular weight is 298 g/mol. The van der Waals surface area contributed by atoms with Crippen molar-refractivity contribution in [1.82, 2.24) is 9.97 Å². The maximum Gasteiger partial charge on any atom is 0.225 e. The number of hydrogen-bond acceptors (Lipinski definition) is 5. The first-order valence-corrected chi connectivity index (χ1v) is 7.58. The van der Waals surface area contributed by atoms with Gasteiger partial charge in [-0.2, -0.15) is 0 Å². The Balaban J connectivity index is 1.88. The number of hydrogen-bond donors (Lipinski definition) is 1. The molecular weight excluding hydrogens is 282 g/mol. The first-order valence-electron chi connectivity index (χ1n) is 6.38. The summed E-state index contributed by atoms with van der Waals surface area (Å²) in [5.41, 5.74) is 0. The summed E-state index contributed by atoms with van der Waals surface area (Å²) in [5.74, 6) is 0.848. The summed E-state index contributed by atoms with van der Waals surface area (Å²) in [5, 5.41) is 4.86. The molecule has 0 aliphatic heterocycles. The van der Waals surface area contributed by atoms with Crippen LogP contribution in [-0.4, -0.2) is 29.2 Å². The van der Waals surface area contributed by atoms with E-state index in [9.17, 15) is 0 Å². The van der Waals surface area contributed by atoms with Gasteiger partial charge in [-0.1, -0.05) is 0 Å². The predicted molar refractivity (Wildman–Crippen MR) is 79.2 cm³/mol. The summed E-state index contributed by atoms with van der Waals surface area (Å²) in [6, 6.07) is 2.51. The first kappa shape index (κ1) is 13.1. The molecule has 0 saturated heterocycles. The zero-order chi connectivity index (χ0) is 13.4. The maximum absolute atomic E-state index is 5.99. The van der Waals surface area contributed by atoms with E-state index >= 15 is 0 Å². The highest BCUT2D eigenvalue weighted by atomic mass is 35.5. The van der Waals surface area contributed by atoms with Gasteiger partial charge in [0.1, 0.15) is 10.6 Å². The summed E-state index contributed by atoms with van der Waals surface area (Å²) in [7, 11) is 1.77. The molecule has 0 amide bonds. The lowest BCUT2D eigenvalue weighted by atomic mass is 10.2. The number of halogens is 1. The van der Waals surface area contributed by atoms with Gasteiger partial charge in [0.2, 0.25) is 5.28 Å². The molecule has 0 aromatic carbocycles. The summed E-state index contributed by atoms with van der Waals surface area (Å²) >= 11 is 7.64. The Labute approximate surface area is 121 Å². The molecule has 0 spiro atoms. The number of aromatic nitrogens is 2. The van der Waals surface area contributed by atoms with Crippen LogP contribution in [0, 0.1) is 6.92 Å². The monoisotopic (exact) mass is 297 g/mol. The van der Waals surface area contributed by atoms with Crippen molar-refractivity contribution in [2.24, 2.45) is 0 Å². The predicted octanol–water partition coefficient (Wildman–Crippen LogP) is 3.63. The lowest BCUT2D eigenvalue weighted by Gasteiger charge is -2.14. The molecule has 102 valence electrons. The molecule has 1 saturated carbocycles. The van der Waals surface area contributed by atoms with E-state index in [0.717, 1.165) is 35.3 Å². The van der Waals surface area contributed by atoms with E-state index in [0.29, 0.717) is 17.4 Å². The average Bonchev–Trinajstić information content (AvgIpc) is 2.94. The van der Waals surface area contributed by atoms with E-state index in [1.54, 1.807) is 18.4 Å². The highest BCUT2D eigenvalue weighted by Crippen LogP contribution is 2.32. The fourth-order valence-corrected chi connectivity index (χ4v) is 3.70. The van der Waals surface area contributed by atoms with Crippen LogP contribution in [0.1, 0.15) is 24.1 Å². The Kier molecular flexibility index (Phi) is 3.60. The molecule has 2 heterocycles.